The number of carboxylic acid groups (broad SMARTS) is 1. The molecule has 2 atom stereocenters. The molecule has 1 fully saturated rings. The Hall–Kier alpha value is -3.41. The van der Waals surface area contributed by atoms with E-state index in [-0.39, 0.29) is 11.3 Å². The predicted molar refractivity (Wildman–Crippen MR) is 136 cm³/mol. The quantitative estimate of drug-likeness (QED) is 0.472. The molecule has 1 N–H and O–H groups in total. The van der Waals surface area contributed by atoms with E-state index in [4.69, 9.17) is 4.52 Å². The molecule has 1 aromatic carbocycles. The van der Waals surface area contributed by atoms with Gasteiger partial charge in [0.05, 0.1) is 34.4 Å². The van der Waals surface area contributed by atoms with Gasteiger partial charge >= 0.3 is 6.09 Å². The van der Waals surface area contributed by atoms with E-state index in [1.165, 1.54) is 4.90 Å². The van der Waals surface area contributed by atoms with Crippen molar-refractivity contribution >= 4 is 17.1 Å². The van der Waals surface area contributed by atoms with Gasteiger partial charge in [-0.15, -0.1) is 0 Å². The second-order valence-electron chi connectivity index (χ2n) is 11.8. The van der Waals surface area contributed by atoms with E-state index < -0.39 is 11.5 Å². The summed E-state index contributed by atoms with van der Waals surface area (Å²) in [4.78, 5) is 22.8. The Bertz CT molecular complexity index is 1260. The van der Waals surface area contributed by atoms with Crippen LogP contribution in [0.15, 0.2) is 29.0 Å². The molecule has 1 aliphatic carbocycles. The molecule has 4 rings (SSSR count). The highest BCUT2D eigenvalue weighted by molar-refractivity contribution is 5.76. The molecule has 2 aromatic heterocycles. The van der Waals surface area contributed by atoms with Crippen LogP contribution in [-0.2, 0) is 17.4 Å². The molecular formula is C27H36N6O3. The largest absolute Gasteiger partial charge is 0.465 e. The van der Waals surface area contributed by atoms with E-state index in [1.54, 1.807) is 6.07 Å². The summed E-state index contributed by atoms with van der Waals surface area (Å²) in [6.07, 6.45) is 5.06. The van der Waals surface area contributed by atoms with E-state index >= 15 is 0 Å². The second-order valence-corrected chi connectivity index (χ2v) is 11.8. The zero-order chi connectivity index (χ0) is 26.1. The zero-order valence-electron chi connectivity index (χ0n) is 21.9. The molecule has 192 valence electrons. The molecule has 0 saturated heterocycles. The van der Waals surface area contributed by atoms with Gasteiger partial charge in [-0.3, -0.25) is 0 Å². The molecule has 3 aromatic rings. The summed E-state index contributed by atoms with van der Waals surface area (Å²) in [5, 5.41) is 23.4. The Kier molecular flexibility index (Phi) is 7.07. The van der Waals surface area contributed by atoms with Crippen molar-refractivity contribution in [3.8, 4) is 6.07 Å². The van der Waals surface area contributed by atoms with Crippen LogP contribution in [0.5, 0.6) is 0 Å². The number of carbonyl (C=O) groups is 1. The minimum absolute atomic E-state index is 0.238. The van der Waals surface area contributed by atoms with Crippen LogP contribution in [0, 0.1) is 23.2 Å². The molecule has 9 nitrogen and oxygen atoms in total. The molecular weight excluding hydrogens is 456 g/mol. The van der Waals surface area contributed by atoms with Gasteiger partial charge in [0, 0.05) is 25.0 Å². The third kappa shape index (κ3) is 5.69. The van der Waals surface area contributed by atoms with Crippen LogP contribution in [0.2, 0.25) is 0 Å². The van der Waals surface area contributed by atoms with Crippen molar-refractivity contribution in [1.29, 1.82) is 5.26 Å². The van der Waals surface area contributed by atoms with Crippen LogP contribution < -0.4 is 0 Å². The van der Waals surface area contributed by atoms with Crippen molar-refractivity contribution in [3.05, 3.63) is 41.8 Å². The normalized spacial score (nSPS) is 18.8. The maximum atomic E-state index is 12.2. The number of nitriles is 1. The third-order valence-corrected chi connectivity index (χ3v) is 7.11. The lowest BCUT2D eigenvalue weighted by molar-refractivity contribution is 0.108. The maximum Gasteiger partial charge on any atom is 0.407 e. The molecule has 0 spiro atoms. The van der Waals surface area contributed by atoms with Gasteiger partial charge in [-0.25, -0.2) is 9.78 Å². The first kappa shape index (κ1) is 25.7. The van der Waals surface area contributed by atoms with E-state index in [0.29, 0.717) is 36.3 Å². The van der Waals surface area contributed by atoms with Crippen LogP contribution in [0.25, 0.3) is 11.0 Å². The summed E-state index contributed by atoms with van der Waals surface area (Å²) in [6, 6.07) is 7.76. The predicted octanol–water partition coefficient (Wildman–Crippen LogP) is 5.35. The SMILES string of the molecule is CC(C)(C)c1noc(C(C)(C)CN(CC2CCCC(Cn3cnc4ccc(C#N)cc43)C2)C(=O)O)n1. The van der Waals surface area contributed by atoms with Gasteiger partial charge in [0.15, 0.2) is 5.82 Å². The van der Waals surface area contributed by atoms with Gasteiger partial charge in [0.25, 0.3) is 0 Å². The lowest BCUT2D eigenvalue weighted by Crippen LogP contribution is -2.43. The van der Waals surface area contributed by atoms with Crippen LogP contribution in [0.4, 0.5) is 4.79 Å². The van der Waals surface area contributed by atoms with E-state index in [2.05, 4.69) is 25.8 Å². The molecule has 2 heterocycles. The van der Waals surface area contributed by atoms with Gasteiger partial charge in [-0.1, -0.05) is 32.3 Å². The zero-order valence-corrected chi connectivity index (χ0v) is 21.9. The van der Waals surface area contributed by atoms with Crippen molar-refractivity contribution < 1.29 is 14.4 Å². The number of hydrogen-bond donors (Lipinski definition) is 1. The first-order valence-corrected chi connectivity index (χ1v) is 12.6. The first-order valence-electron chi connectivity index (χ1n) is 12.6. The molecule has 1 aliphatic rings. The number of hydrogen-bond acceptors (Lipinski definition) is 6. The van der Waals surface area contributed by atoms with Crippen molar-refractivity contribution in [2.75, 3.05) is 13.1 Å². The first-order chi connectivity index (χ1) is 17.0. The number of rotatable bonds is 7. The average molecular weight is 493 g/mol. The van der Waals surface area contributed by atoms with Gasteiger partial charge < -0.3 is 19.1 Å². The molecule has 0 radical (unpaired) electrons. The Balaban J connectivity index is 1.42. The number of fused-ring (bicyclic) bond motifs is 1. The molecule has 2 unspecified atom stereocenters. The topological polar surface area (TPSA) is 121 Å². The van der Waals surface area contributed by atoms with Gasteiger partial charge in [0.1, 0.15) is 0 Å². The number of benzene rings is 1. The van der Waals surface area contributed by atoms with E-state index in [9.17, 15) is 15.2 Å². The highest BCUT2D eigenvalue weighted by Crippen LogP contribution is 2.33. The summed E-state index contributed by atoms with van der Waals surface area (Å²) < 4.78 is 7.67. The van der Waals surface area contributed by atoms with Crippen LogP contribution in [0.1, 0.15) is 77.6 Å². The summed E-state index contributed by atoms with van der Waals surface area (Å²) in [5.74, 6) is 1.80. The molecule has 0 aliphatic heterocycles. The number of nitrogens with zero attached hydrogens (tertiary/aromatic N) is 6. The summed E-state index contributed by atoms with van der Waals surface area (Å²) in [5.41, 5.74) is 1.65. The minimum Gasteiger partial charge on any atom is -0.465 e. The molecule has 1 saturated carbocycles. The lowest BCUT2D eigenvalue weighted by atomic mass is 9.80. The third-order valence-electron chi connectivity index (χ3n) is 7.11. The fraction of sp³-hybridized carbons (Fsp3) is 0.593. The summed E-state index contributed by atoms with van der Waals surface area (Å²) in [6.45, 7) is 11.6. The Morgan fingerprint density at radius 2 is 2.00 bits per heavy atom. The van der Waals surface area contributed by atoms with Crippen molar-refractivity contribution in [1.82, 2.24) is 24.6 Å². The van der Waals surface area contributed by atoms with Crippen molar-refractivity contribution in [3.63, 3.8) is 0 Å². The average Bonchev–Trinajstić information content (AvgIpc) is 3.47. The van der Waals surface area contributed by atoms with E-state index in [0.717, 1.165) is 43.3 Å². The molecule has 1 amide bonds. The molecule has 0 bridgehead atoms. The standard InChI is InChI=1S/C27H36N6O3/c1-26(2,3)23-30-24(36-31-23)27(4,5)16-32(25(34)35)14-19-7-6-8-20(11-19)15-33-17-29-21-10-9-18(13-28)12-22(21)33/h9-10,12,17,19-20H,6-8,11,14-16H2,1-5H3,(H,34,35). The molecule has 9 heteroatoms. The summed E-state index contributed by atoms with van der Waals surface area (Å²) >= 11 is 0. The maximum absolute atomic E-state index is 12.2. The van der Waals surface area contributed by atoms with Crippen molar-refractivity contribution in [2.24, 2.45) is 11.8 Å². The number of imidazole rings is 1. The van der Waals surface area contributed by atoms with Gasteiger partial charge in [0.2, 0.25) is 5.89 Å². The van der Waals surface area contributed by atoms with Gasteiger partial charge in [-0.05, 0) is 63.1 Å². The fourth-order valence-electron chi connectivity index (χ4n) is 5.15. The number of aromatic nitrogens is 4. The Morgan fingerprint density at radius 3 is 2.67 bits per heavy atom. The van der Waals surface area contributed by atoms with Crippen LogP contribution in [0.3, 0.4) is 0 Å². The van der Waals surface area contributed by atoms with E-state index in [1.807, 2.05) is 53.1 Å². The minimum atomic E-state index is -0.926. The smallest absolute Gasteiger partial charge is 0.407 e. The Morgan fingerprint density at radius 1 is 1.25 bits per heavy atom. The fourth-order valence-corrected chi connectivity index (χ4v) is 5.15. The van der Waals surface area contributed by atoms with Crippen LogP contribution in [-0.4, -0.2) is 48.9 Å². The van der Waals surface area contributed by atoms with Crippen LogP contribution >= 0.6 is 0 Å². The second kappa shape index (κ2) is 9.92. The monoisotopic (exact) mass is 492 g/mol. The van der Waals surface area contributed by atoms with Gasteiger partial charge in [-0.2, -0.15) is 10.2 Å². The highest BCUT2D eigenvalue weighted by atomic mass is 16.5. The lowest BCUT2D eigenvalue weighted by Gasteiger charge is -2.35. The Labute approximate surface area is 212 Å². The number of amides is 1. The van der Waals surface area contributed by atoms with Crippen molar-refractivity contribution in [2.45, 2.75) is 77.7 Å². The highest BCUT2D eigenvalue weighted by Gasteiger charge is 2.35. The molecule has 36 heavy (non-hydrogen) atoms. The summed E-state index contributed by atoms with van der Waals surface area (Å²) in [7, 11) is 0.